The van der Waals surface area contributed by atoms with Crippen molar-refractivity contribution in [1.29, 1.82) is 0 Å². The minimum atomic E-state index is 0.164. The van der Waals surface area contributed by atoms with Gasteiger partial charge < -0.3 is 10.2 Å². The van der Waals surface area contributed by atoms with Gasteiger partial charge >= 0.3 is 0 Å². The summed E-state index contributed by atoms with van der Waals surface area (Å²) in [5.74, 6) is 1.02. The standard InChI is InChI=1S/C18H28N4S/c1-12(18(2,3)10-22(4)5)21-16-15-13-8-6-7-9-14(13)23-17(15)20-11-19-16/h11-12H,6-10H2,1-5H3,(H,19,20,21)/t12-/m1/s1. The molecular weight excluding hydrogens is 304 g/mol. The summed E-state index contributed by atoms with van der Waals surface area (Å²) in [5.41, 5.74) is 1.66. The maximum absolute atomic E-state index is 4.59. The van der Waals surface area contributed by atoms with Crippen molar-refractivity contribution in [2.45, 2.75) is 52.5 Å². The van der Waals surface area contributed by atoms with Crippen molar-refractivity contribution >= 4 is 27.4 Å². The molecule has 1 aliphatic rings. The van der Waals surface area contributed by atoms with Crippen LogP contribution in [0.4, 0.5) is 5.82 Å². The highest BCUT2D eigenvalue weighted by molar-refractivity contribution is 7.19. The average molecular weight is 333 g/mol. The molecule has 2 heterocycles. The number of hydrogen-bond acceptors (Lipinski definition) is 5. The summed E-state index contributed by atoms with van der Waals surface area (Å²) in [6.45, 7) is 7.92. The quantitative estimate of drug-likeness (QED) is 0.900. The van der Waals surface area contributed by atoms with E-state index in [0.29, 0.717) is 6.04 Å². The molecule has 0 fully saturated rings. The highest BCUT2D eigenvalue weighted by Crippen LogP contribution is 2.38. The summed E-state index contributed by atoms with van der Waals surface area (Å²) in [6.07, 6.45) is 6.68. The summed E-state index contributed by atoms with van der Waals surface area (Å²) in [5, 5.41) is 4.97. The fourth-order valence-corrected chi connectivity index (χ4v) is 4.78. The zero-order valence-electron chi connectivity index (χ0n) is 14.9. The van der Waals surface area contributed by atoms with Gasteiger partial charge in [-0.05, 0) is 57.7 Å². The number of thiophene rings is 1. The van der Waals surface area contributed by atoms with Crippen LogP contribution in [0.15, 0.2) is 6.33 Å². The van der Waals surface area contributed by atoms with Crippen LogP contribution in [0.2, 0.25) is 0 Å². The van der Waals surface area contributed by atoms with Crippen molar-refractivity contribution in [3.63, 3.8) is 0 Å². The minimum absolute atomic E-state index is 0.164. The lowest BCUT2D eigenvalue weighted by Gasteiger charge is -2.35. The van der Waals surface area contributed by atoms with E-state index in [-0.39, 0.29) is 5.41 Å². The Morgan fingerprint density at radius 3 is 2.74 bits per heavy atom. The summed E-state index contributed by atoms with van der Waals surface area (Å²) < 4.78 is 0. The molecule has 0 spiro atoms. The van der Waals surface area contributed by atoms with E-state index < -0.39 is 0 Å². The summed E-state index contributed by atoms with van der Waals surface area (Å²) >= 11 is 1.86. The second kappa shape index (κ2) is 6.36. The van der Waals surface area contributed by atoms with E-state index in [2.05, 4.69) is 55.1 Å². The summed E-state index contributed by atoms with van der Waals surface area (Å²) in [7, 11) is 4.26. The van der Waals surface area contributed by atoms with Gasteiger partial charge in [-0.3, -0.25) is 0 Å². The zero-order valence-corrected chi connectivity index (χ0v) is 15.8. The Kier molecular flexibility index (Phi) is 4.61. The Labute approximate surface area is 143 Å². The average Bonchev–Trinajstić information content (AvgIpc) is 2.85. The van der Waals surface area contributed by atoms with Crippen molar-refractivity contribution in [3.8, 4) is 0 Å². The normalized spacial score (nSPS) is 16.6. The number of anilines is 1. The Bertz CT molecular complexity index is 690. The number of rotatable bonds is 5. The molecule has 5 heteroatoms. The van der Waals surface area contributed by atoms with Gasteiger partial charge in [0.2, 0.25) is 0 Å². The van der Waals surface area contributed by atoms with Gasteiger partial charge in [0.1, 0.15) is 17.0 Å². The van der Waals surface area contributed by atoms with Crippen molar-refractivity contribution in [2.24, 2.45) is 5.41 Å². The predicted octanol–water partition coefficient (Wildman–Crippen LogP) is 3.96. The minimum Gasteiger partial charge on any atom is -0.366 e. The predicted molar refractivity (Wildman–Crippen MR) is 99.5 cm³/mol. The summed E-state index contributed by atoms with van der Waals surface area (Å²) in [4.78, 5) is 14.0. The van der Waals surface area contributed by atoms with Gasteiger partial charge in [0.15, 0.2) is 0 Å². The van der Waals surface area contributed by atoms with Gasteiger partial charge in [-0.25, -0.2) is 9.97 Å². The van der Waals surface area contributed by atoms with E-state index in [9.17, 15) is 0 Å². The number of nitrogens with zero attached hydrogens (tertiary/aromatic N) is 3. The smallest absolute Gasteiger partial charge is 0.138 e. The lowest BCUT2D eigenvalue weighted by molar-refractivity contribution is 0.217. The first kappa shape index (κ1) is 16.7. The van der Waals surface area contributed by atoms with Crippen LogP contribution in [-0.4, -0.2) is 41.5 Å². The SMILES string of the molecule is C[C@@H](Nc1ncnc2sc3c(c12)CCCC3)C(C)(C)CN(C)C. The van der Waals surface area contributed by atoms with Crippen molar-refractivity contribution < 1.29 is 0 Å². The van der Waals surface area contributed by atoms with E-state index >= 15 is 0 Å². The molecule has 1 aliphatic carbocycles. The van der Waals surface area contributed by atoms with Crippen LogP contribution in [0.3, 0.4) is 0 Å². The Balaban J connectivity index is 1.92. The number of aryl methyl sites for hydroxylation is 2. The van der Waals surface area contributed by atoms with Gasteiger partial charge in [-0.1, -0.05) is 13.8 Å². The highest BCUT2D eigenvalue weighted by Gasteiger charge is 2.28. The molecule has 2 aromatic heterocycles. The van der Waals surface area contributed by atoms with E-state index in [1.54, 1.807) is 6.33 Å². The number of nitrogens with one attached hydrogen (secondary N) is 1. The fourth-order valence-electron chi connectivity index (χ4n) is 3.55. The third-order valence-corrected chi connectivity index (χ3v) is 6.20. The van der Waals surface area contributed by atoms with Gasteiger partial charge in [0.05, 0.1) is 5.39 Å². The molecule has 0 saturated heterocycles. The molecule has 0 aromatic carbocycles. The largest absolute Gasteiger partial charge is 0.366 e. The molecule has 0 bridgehead atoms. The van der Waals surface area contributed by atoms with Crippen molar-refractivity contribution in [1.82, 2.24) is 14.9 Å². The third-order valence-electron chi connectivity index (χ3n) is 5.00. The number of fused-ring (bicyclic) bond motifs is 3. The zero-order chi connectivity index (χ0) is 16.6. The van der Waals surface area contributed by atoms with Crippen molar-refractivity contribution in [2.75, 3.05) is 26.0 Å². The molecule has 1 atom stereocenters. The van der Waals surface area contributed by atoms with Crippen LogP contribution in [0.1, 0.15) is 44.1 Å². The molecular formula is C18H28N4S. The molecule has 2 aromatic rings. The second-order valence-corrected chi connectivity index (χ2v) is 8.79. The molecule has 4 nitrogen and oxygen atoms in total. The lowest BCUT2D eigenvalue weighted by Crippen LogP contribution is -2.41. The van der Waals surface area contributed by atoms with Crippen molar-refractivity contribution in [3.05, 3.63) is 16.8 Å². The molecule has 126 valence electrons. The number of hydrogen-bond donors (Lipinski definition) is 1. The lowest BCUT2D eigenvalue weighted by atomic mass is 9.85. The molecule has 23 heavy (non-hydrogen) atoms. The Morgan fingerprint density at radius 1 is 1.26 bits per heavy atom. The number of aromatic nitrogens is 2. The van der Waals surface area contributed by atoms with Crippen LogP contribution in [0.25, 0.3) is 10.2 Å². The first-order valence-corrected chi connectivity index (χ1v) is 9.36. The fraction of sp³-hybridized carbons (Fsp3) is 0.667. The molecule has 0 unspecified atom stereocenters. The first-order chi connectivity index (χ1) is 10.9. The van der Waals surface area contributed by atoms with Gasteiger partial charge in [-0.15, -0.1) is 11.3 Å². The first-order valence-electron chi connectivity index (χ1n) is 8.55. The van der Waals surface area contributed by atoms with E-state index in [1.807, 2.05) is 11.3 Å². The van der Waals surface area contributed by atoms with Crippen LogP contribution in [-0.2, 0) is 12.8 Å². The Hall–Kier alpha value is -1.20. The molecule has 3 rings (SSSR count). The Morgan fingerprint density at radius 2 is 2.00 bits per heavy atom. The van der Waals surface area contributed by atoms with Crippen LogP contribution < -0.4 is 5.32 Å². The molecule has 0 saturated carbocycles. The summed E-state index contributed by atoms with van der Waals surface area (Å²) in [6, 6.07) is 0.335. The molecule has 1 N–H and O–H groups in total. The van der Waals surface area contributed by atoms with Gasteiger partial charge in [-0.2, -0.15) is 0 Å². The third kappa shape index (κ3) is 3.36. The van der Waals surface area contributed by atoms with Gasteiger partial charge in [0.25, 0.3) is 0 Å². The maximum Gasteiger partial charge on any atom is 0.138 e. The van der Waals surface area contributed by atoms with E-state index in [1.165, 1.54) is 41.5 Å². The monoisotopic (exact) mass is 332 g/mol. The maximum atomic E-state index is 4.59. The topological polar surface area (TPSA) is 41.1 Å². The van der Waals surface area contributed by atoms with Crippen LogP contribution >= 0.6 is 11.3 Å². The van der Waals surface area contributed by atoms with Gasteiger partial charge in [0, 0.05) is 17.5 Å². The van der Waals surface area contributed by atoms with Crippen LogP contribution in [0.5, 0.6) is 0 Å². The van der Waals surface area contributed by atoms with E-state index in [4.69, 9.17) is 0 Å². The molecule has 0 radical (unpaired) electrons. The molecule has 0 aliphatic heterocycles. The van der Waals surface area contributed by atoms with Crippen LogP contribution in [0, 0.1) is 5.41 Å². The van der Waals surface area contributed by atoms with E-state index in [0.717, 1.165) is 17.2 Å². The second-order valence-electron chi connectivity index (χ2n) is 7.71. The highest BCUT2D eigenvalue weighted by atomic mass is 32.1. The molecule has 0 amide bonds.